The molecule has 1 aromatic heterocycles. The highest BCUT2D eigenvalue weighted by Gasteiger charge is 2.09. The molecular weight excluding hydrogens is 404 g/mol. The van der Waals surface area contributed by atoms with Crippen LogP contribution >= 0.6 is 0 Å². The van der Waals surface area contributed by atoms with Crippen LogP contribution in [0.3, 0.4) is 0 Å². The number of anilines is 2. The van der Waals surface area contributed by atoms with Crippen LogP contribution in [-0.2, 0) is 17.7 Å². The highest BCUT2D eigenvalue weighted by atomic mass is 16.5. The fourth-order valence-electron chi connectivity index (χ4n) is 4.22. The van der Waals surface area contributed by atoms with Crippen LogP contribution in [0.1, 0.15) is 56.6 Å². The number of ether oxygens (including phenoxy) is 1. The van der Waals surface area contributed by atoms with Crippen LogP contribution in [0.25, 0.3) is 0 Å². The van der Waals surface area contributed by atoms with Gasteiger partial charge in [0.15, 0.2) is 0 Å². The Kier molecular flexibility index (Phi) is 9.56. The van der Waals surface area contributed by atoms with E-state index in [0.29, 0.717) is 12.4 Å². The molecular formula is C25H38N4O3. The summed E-state index contributed by atoms with van der Waals surface area (Å²) < 4.78 is 6.68. The molecule has 2 aromatic rings. The van der Waals surface area contributed by atoms with Crippen molar-refractivity contribution in [1.82, 2.24) is 14.5 Å². The van der Waals surface area contributed by atoms with Gasteiger partial charge in [0.05, 0.1) is 13.2 Å². The zero-order chi connectivity index (χ0) is 22.8. The predicted molar refractivity (Wildman–Crippen MR) is 130 cm³/mol. The summed E-state index contributed by atoms with van der Waals surface area (Å²) in [6, 6.07) is 7.53. The highest BCUT2D eigenvalue weighted by Crippen LogP contribution is 2.18. The summed E-state index contributed by atoms with van der Waals surface area (Å²) >= 11 is 0. The second kappa shape index (κ2) is 12.6. The fourth-order valence-corrected chi connectivity index (χ4v) is 4.22. The lowest BCUT2D eigenvalue weighted by Crippen LogP contribution is -2.36. The summed E-state index contributed by atoms with van der Waals surface area (Å²) in [6.45, 7) is 9.66. The first-order chi connectivity index (χ1) is 15.6. The van der Waals surface area contributed by atoms with E-state index in [9.17, 15) is 9.59 Å². The van der Waals surface area contributed by atoms with Crippen molar-refractivity contribution in [3.63, 3.8) is 0 Å². The van der Waals surface area contributed by atoms with E-state index in [1.807, 2.05) is 12.1 Å². The molecule has 0 bridgehead atoms. The monoisotopic (exact) mass is 442 g/mol. The third kappa shape index (κ3) is 7.35. The first kappa shape index (κ1) is 24.3. The second-order valence-electron chi connectivity index (χ2n) is 8.67. The Morgan fingerprint density at radius 3 is 2.34 bits per heavy atom. The van der Waals surface area contributed by atoms with Crippen LogP contribution in [0.2, 0.25) is 0 Å². The molecule has 1 fully saturated rings. The average molecular weight is 443 g/mol. The molecule has 32 heavy (non-hydrogen) atoms. The molecule has 3 rings (SSSR count). The summed E-state index contributed by atoms with van der Waals surface area (Å²) in [5, 5.41) is 3.16. The van der Waals surface area contributed by atoms with Gasteiger partial charge in [-0.15, -0.1) is 0 Å². The van der Waals surface area contributed by atoms with Crippen molar-refractivity contribution < 1.29 is 4.74 Å². The molecule has 7 nitrogen and oxygen atoms in total. The topological polar surface area (TPSA) is 79.4 Å². The number of nitrogens with one attached hydrogen (secondary N) is 2. The number of hydrogen-bond donors (Lipinski definition) is 2. The zero-order valence-electron chi connectivity index (χ0n) is 19.6. The second-order valence-corrected chi connectivity index (χ2v) is 8.67. The minimum Gasteiger partial charge on any atom is -0.379 e. The normalized spacial score (nSPS) is 14.6. The standard InChI is InChI=1S/C25H38N4O3/c1-3-21-18-22(11-10-20(21)2)26-23-19-24(30)29(25(31)27-23)13-9-7-5-4-6-8-12-28-14-16-32-17-15-28/h10-11,18-19,26H,3-9,12-17H2,1-2H3,(H,27,31). The van der Waals surface area contributed by atoms with E-state index < -0.39 is 0 Å². The molecule has 0 radical (unpaired) electrons. The predicted octanol–water partition coefficient (Wildman–Crippen LogP) is 3.82. The van der Waals surface area contributed by atoms with Gasteiger partial charge in [0.2, 0.25) is 0 Å². The Morgan fingerprint density at radius 2 is 1.66 bits per heavy atom. The molecule has 1 aliphatic heterocycles. The van der Waals surface area contributed by atoms with E-state index in [1.54, 1.807) is 0 Å². The zero-order valence-corrected chi connectivity index (χ0v) is 19.6. The number of hydrogen-bond acceptors (Lipinski definition) is 5. The molecule has 0 amide bonds. The Balaban J connectivity index is 1.39. The summed E-state index contributed by atoms with van der Waals surface area (Å²) in [5.41, 5.74) is 2.73. The first-order valence-electron chi connectivity index (χ1n) is 12.1. The van der Waals surface area contributed by atoms with Gasteiger partial charge in [-0.1, -0.05) is 38.7 Å². The van der Waals surface area contributed by atoms with Crippen molar-refractivity contribution in [2.45, 2.75) is 65.3 Å². The molecule has 1 aromatic carbocycles. The molecule has 0 atom stereocenters. The highest BCUT2D eigenvalue weighted by molar-refractivity contribution is 5.57. The van der Waals surface area contributed by atoms with Gasteiger partial charge >= 0.3 is 5.69 Å². The van der Waals surface area contributed by atoms with Gasteiger partial charge in [-0.2, -0.15) is 0 Å². The minimum absolute atomic E-state index is 0.260. The number of morpholine rings is 1. The van der Waals surface area contributed by atoms with Gasteiger partial charge in [-0.05, 0) is 56.0 Å². The third-order valence-electron chi connectivity index (χ3n) is 6.24. The Hall–Kier alpha value is -2.38. The summed E-state index contributed by atoms with van der Waals surface area (Å²) in [7, 11) is 0. The largest absolute Gasteiger partial charge is 0.379 e. The van der Waals surface area contributed by atoms with Gasteiger partial charge in [-0.3, -0.25) is 19.2 Å². The van der Waals surface area contributed by atoms with E-state index in [0.717, 1.165) is 64.2 Å². The molecule has 1 aliphatic rings. The quantitative estimate of drug-likeness (QED) is 0.489. The van der Waals surface area contributed by atoms with Gasteiger partial charge < -0.3 is 10.1 Å². The Morgan fingerprint density at radius 1 is 0.969 bits per heavy atom. The van der Waals surface area contributed by atoms with Crippen molar-refractivity contribution >= 4 is 11.5 Å². The van der Waals surface area contributed by atoms with Gasteiger partial charge in [0.25, 0.3) is 5.56 Å². The molecule has 176 valence electrons. The van der Waals surface area contributed by atoms with E-state index in [2.05, 4.69) is 35.1 Å². The fraction of sp³-hybridized carbons (Fsp3) is 0.600. The van der Waals surface area contributed by atoms with Crippen molar-refractivity contribution in [3.8, 4) is 0 Å². The molecule has 0 unspecified atom stereocenters. The summed E-state index contributed by atoms with van der Waals surface area (Å²) in [4.78, 5) is 30.2. The smallest absolute Gasteiger partial charge is 0.329 e. The number of rotatable bonds is 12. The number of nitrogens with zero attached hydrogens (tertiary/aromatic N) is 2. The van der Waals surface area contributed by atoms with Gasteiger partial charge in [-0.25, -0.2) is 4.79 Å². The average Bonchev–Trinajstić information content (AvgIpc) is 2.79. The Bertz CT molecular complexity index is 929. The third-order valence-corrected chi connectivity index (χ3v) is 6.24. The number of aromatic amines is 1. The lowest BCUT2D eigenvalue weighted by Gasteiger charge is -2.26. The lowest BCUT2D eigenvalue weighted by atomic mass is 10.1. The first-order valence-corrected chi connectivity index (χ1v) is 12.1. The van der Waals surface area contributed by atoms with E-state index in [-0.39, 0.29) is 11.2 Å². The maximum atomic E-state index is 12.5. The summed E-state index contributed by atoms with van der Waals surface area (Å²) in [5.74, 6) is 0.433. The van der Waals surface area contributed by atoms with Crippen molar-refractivity contribution in [1.29, 1.82) is 0 Å². The van der Waals surface area contributed by atoms with Crippen LogP contribution < -0.4 is 16.6 Å². The van der Waals surface area contributed by atoms with Crippen LogP contribution in [0, 0.1) is 6.92 Å². The molecule has 7 heteroatoms. The molecule has 0 spiro atoms. The van der Waals surface area contributed by atoms with Crippen LogP contribution in [0.15, 0.2) is 33.9 Å². The molecule has 0 saturated carbocycles. The maximum absolute atomic E-state index is 12.5. The van der Waals surface area contributed by atoms with Crippen molar-refractivity contribution in [3.05, 3.63) is 56.2 Å². The number of unbranched alkanes of at least 4 members (excludes halogenated alkanes) is 5. The maximum Gasteiger partial charge on any atom is 0.329 e. The number of aromatic nitrogens is 2. The van der Waals surface area contributed by atoms with Gasteiger partial charge in [0, 0.05) is 31.4 Å². The lowest BCUT2D eigenvalue weighted by molar-refractivity contribution is 0.0371. The van der Waals surface area contributed by atoms with Crippen LogP contribution in [-0.4, -0.2) is 47.3 Å². The molecule has 2 heterocycles. The van der Waals surface area contributed by atoms with E-state index in [4.69, 9.17) is 4.74 Å². The molecule has 2 N–H and O–H groups in total. The van der Waals surface area contributed by atoms with E-state index >= 15 is 0 Å². The molecule has 1 saturated heterocycles. The van der Waals surface area contributed by atoms with Crippen molar-refractivity contribution in [2.75, 3.05) is 38.2 Å². The van der Waals surface area contributed by atoms with Crippen LogP contribution in [0.4, 0.5) is 11.5 Å². The number of aryl methyl sites for hydroxylation is 2. The number of benzene rings is 1. The number of H-pyrrole nitrogens is 1. The van der Waals surface area contributed by atoms with Crippen LogP contribution in [0.5, 0.6) is 0 Å². The molecule has 0 aliphatic carbocycles. The van der Waals surface area contributed by atoms with Crippen molar-refractivity contribution in [2.24, 2.45) is 0 Å². The SMILES string of the molecule is CCc1cc(Nc2cc(=O)n(CCCCCCCCN3CCOCC3)c(=O)[nH]2)ccc1C. The van der Waals surface area contributed by atoms with E-state index in [1.165, 1.54) is 41.0 Å². The minimum atomic E-state index is -0.353. The van der Waals surface area contributed by atoms with Gasteiger partial charge in [0.1, 0.15) is 5.82 Å². The Labute approximate surface area is 190 Å². The summed E-state index contributed by atoms with van der Waals surface area (Å²) in [6.07, 6.45) is 7.62.